The lowest BCUT2D eigenvalue weighted by Crippen LogP contribution is -1.97. The van der Waals surface area contributed by atoms with Gasteiger partial charge in [-0.3, -0.25) is 0 Å². The van der Waals surface area contributed by atoms with Crippen LogP contribution in [0.1, 0.15) is 57.4 Å². The zero-order valence-corrected chi connectivity index (χ0v) is 13.2. The van der Waals surface area contributed by atoms with Gasteiger partial charge in [0.2, 0.25) is 0 Å². The minimum absolute atomic E-state index is 0.372. The van der Waals surface area contributed by atoms with Crippen LogP contribution in [-0.2, 0) is 0 Å². The van der Waals surface area contributed by atoms with Crippen molar-refractivity contribution in [3.8, 4) is 17.6 Å². The van der Waals surface area contributed by atoms with Crippen molar-refractivity contribution < 1.29 is 4.74 Å². The fourth-order valence-electron chi connectivity index (χ4n) is 2.02. The lowest BCUT2D eigenvalue weighted by atomic mass is 10.1. The van der Waals surface area contributed by atoms with E-state index in [9.17, 15) is 0 Å². The molecule has 20 heavy (non-hydrogen) atoms. The van der Waals surface area contributed by atoms with Crippen LogP contribution in [0.15, 0.2) is 24.3 Å². The quantitative estimate of drug-likeness (QED) is 0.336. The summed E-state index contributed by atoms with van der Waals surface area (Å²) in [4.78, 5) is 0. The smallest absolute Gasteiger partial charge is 0.119 e. The summed E-state index contributed by atoms with van der Waals surface area (Å²) >= 11 is 5.52. The SMILES string of the molecule is CCCCCCCCCOc1ccc(C#CCCl)cc1. The van der Waals surface area contributed by atoms with Gasteiger partial charge in [0.25, 0.3) is 0 Å². The van der Waals surface area contributed by atoms with Gasteiger partial charge in [0, 0.05) is 5.56 Å². The van der Waals surface area contributed by atoms with Crippen LogP contribution in [0.25, 0.3) is 0 Å². The van der Waals surface area contributed by atoms with Crippen LogP contribution >= 0.6 is 11.6 Å². The number of benzene rings is 1. The molecule has 1 rings (SSSR count). The molecule has 0 N–H and O–H groups in total. The number of halogens is 1. The number of hydrogen-bond donors (Lipinski definition) is 0. The van der Waals surface area contributed by atoms with E-state index >= 15 is 0 Å². The van der Waals surface area contributed by atoms with Crippen LogP contribution in [0, 0.1) is 11.8 Å². The van der Waals surface area contributed by atoms with E-state index in [-0.39, 0.29) is 0 Å². The van der Waals surface area contributed by atoms with Gasteiger partial charge in [0.05, 0.1) is 12.5 Å². The van der Waals surface area contributed by atoms with Crippen molar-refractivity contribution in [1.82, 2.24) is 0 Å². The van der Waals surface area contributed by atoms with E-state index in [0.29, 0.717) is 5.88 Å². The summed E-state index contributed by atoms with van der Waals surface area (Å²) in [7, 11) is 0. The van der Waals surface area contributed by atoms with E-state index in [1.54, 1.807) is 0 Å². The minimum atomic E-state index is 0.372. The van der Waals surface area contributed by atoms with E-state index in [1.807, 2.05) is 24.3 Å². The molecular weight excluding hydrogens is 268 g/mol. The maximum Gasteiger partial charge on any atom is 0.119 e. The van der Waals surface area contributed by atoms with E-state index in [2.05, 4.69) is 18.8 Å². The molecule has 0 aliphatic carbocycles. The number of rotatable bonds is 9. The monoisotopic (exact) mass is 292 g/mol. The fraction of sp³-hybridized carbons (Fsp3) is 0.556. The van der Waals surface area contributed by atoms with Crippen LogP contribution in [0.2, 0.25) is 0 Å². The fourth-order valence-corrected chi connectivity index (χ4v) is 2.09. The first-order valence-corrected chi connectivity index (χ1v) is 8.18. The molecule has 0 atom stereocenters. The van der Waals surface area contributed by atoms with Gasteiger partial charge < -0.3 is 4.74 Å². The summed E-state index contributed by atoms with van der Waals surface area (Å²) in [6, 6.07) is 7.89. The molecule has 0 aliphatic rings. The minimum Gasteiger partial charge on any atom is -0.494 e. The van der Waals surface area contributed by atoms with Crippen molar-refractivity contribution >= 4 is 11.6 Å². The average molecular weight is 293 g/mol. The van der Waals surface area contributed by atoms with Gasteiger partial charge in [-0.2, -0.15) is 0 Å². The van der Waals surface area contributed by atoms with Crippen molar-refractivity contribution in [3.05, 3.63) is 29.8 Å². The number of unbranched alkanes of at least 4 members (excludes halogenated alkanes) is 6. The molecular formula is C18H25ClO. The molecule has 0 fully saturated rings. The second kappa shape index (κ2) is 11.7. The zero-order chi connectivity index (χ0) is 14.5. The molecule has 0 aliphatic heterocycles. The Hall–Kier alpha value is -1.13. The molecule has 0 saturated heterocycles. The van der Waals surface area contributed by atoms with Crippen molar-refractivity contribution in [2.24, 2.45) is 0 Å². The van der Waals surface area contributed by atoms with Crippen LogP contribution in [0.4, 0.5) is 0 Å². The molecule has 0 saturated carbocycles. The molecule has 1 aromatic rings. The van der Waals surface area contributed by atoms with Crippen molar-refractivity contribution in [2.45, 2.75) is 51.9 Å². The number of alkyl halides is 1. The van der Waals surface area contributed by atoms with E-state index < -0.39 is 0 Å². The highest BCUT2D eigenvalue weighted by Gasteiger charge is 1.95. The summed E-state index contributed by atoms with van der Waals surface area (Å²) in [5, 5.41) is 0. The van der Waals surface area contributed by atoms with Crippen LogP contribution in [0.3, 0.4) is 0 Å². The van der Waals surface area contributed by atoms with Crippen molar-refractivity contribution in [1.29, 1.82) is 0 Å². The van der Waals surface area contributed by atoms with Gasteiger partial charge in [-0.15, -0.1) is 11.6 Å². The Kier molecular flexibility index (Phi) is 9.88. The Balaban J connectivity index is 2.10. The molecule has 0 bridgehead atoms. The molecule has 0 aromatic heterocycles. The molecule has 0 heterocycles. The highest BCUT2D eigenvalue weighted by atomic mass is 35.5. The first-order valence-electron chi connectivity index (χ1n) is 7.64. The standard InChI is InChI=1S/C18H25ClO/c1-2-3-4-5-6-7-8-16-20-18-13-11-17(12-14-18)10-9-15-19/h11-14H,2-8,15-16H2,1H3. The molecule has 1 nitrogen and oxygen atoms in total. The Labute approximate surface area is 128 Å². The van der Waals surface area contributed by atoms with Crippen molar-refractivity contribution in [3.63, 3.8) is 0 Å². The third kappa shape index (κ3) is 8.12. The average Bonchev–Trinajstić information content (AvgIpc) is 2.49. The van der Waals surface area contributed by atoms with Gasteiger partial charge in [-0.1, -0.05) is 57.3 Å². The molecule has 110 valence electrons. The highest BCUT2D eigenvalue weighted by Crippen LogP contribution is 2.13. The molecule has 0 amide bonds. The predicted octanol–water partition coefficient (Wildman–Crippen LogP) is 5.41. The molecule has 0 spiro atoms. The largest absolute Gasteiger partial charge is 0.494 e. The third-order valence-corrected chi connectivity index (χ3v) is 3.30. The van der Waals surface area contributed by atoms with E-state index in [0.717, 1.165) is 24.3 Å². The number of ether oxygens (including phenoxy) is 1. The van der Waals surface area contributed by atoms with Crippen LogP contribution in [-0.4, -0.2) is 12.5 Å². The number of hydrogen-bond acceptors (Lipinski definition) is 1. The van der Waals surface area contributed by atoms with Crippen LogP contribution in [0.5, 0.6) is 5.75 Å². The summed E-state index contributed by atoms with van der Waals surface area (Å²) in [5.41, 5.74) is 0.980. The summed E-state index contributed by atoms with van der Waals surface area (Å²) in [6.45, 7) is 3.06. The predicted molar refractivity (Wildman–Crippen MR) is 87.5 cm³/mol. The first-order chi connectivity index (χ1) is 9.86. The maximum absolute atomic E-state index is 5.72. The second-order valence-corrected chi connectivity index (χ2v) is 5.20. The lowest BCUT2D eigenvalue weighted by Gasteiger charge is -2.06. The van der Waals surface area contributed by atoms with Gasteiger partial charge in [-0.25, -0.2) is 0 Å². The summed E-state index contributed by atoms with van der Waals surface area (Å²) in [6.07, 6.45) is 9.16. The maximum atomic E-state index is 5.72. The summed E-state index contributed by atoms with van der Waals surface area (Å²) in [5.74, 6) is 7.12. The Morgan fingerprint density at radius 3 is 2.25 bits per heavy atom. The van der Waals surface area contributed by atoms with Gasteiger partial charge in [0.15, 0.2) is 0 Å². The molecule has 2 heteroatoms. The van der Waals surface area contributed by atoms with Gasteiger partial charge in [-0.05, 0) is 30.7 Å². The topological polar surface area (TPSA) is 9.23 Å². The Bertz CT molecular complexity index is 400. The third-order valence-electron chi connectivity index (χ3n) is 3.17. The lowest BCUT2D eigenvalue weighted by molar-refractivity contribution is 0.304. The molecule has 1 aromatic carbocycles. The zero-order valence-electron chi connectivity index (χ0n) is 12.5. The second-order valence-electron chi connectivity index (χ2n) is 4.93. The van der Waals surface area contributed by atoms with Crippen LogP contribution < -0.4 is 4.74 Å². The van der Waals surface area contributed by atoms with Crippen molar-refractivity contribution in [2.75, 3.05) is 12.5 Å². The van der Waals surface area contributed by atoms with E-state index in [1.165, 1.54) is 38.5 Å². The normalized spacial score (nSPS) is 9.90. The van der Waals surface area contributed by atoms with Gasteiger partial charge >= 0.3 is 0 Å². The highest BCUT2D eigenvalue weighted by molar-refractivity contribution is 6.19. The molecule has 0 unspecified atom stereocenters. The Morgan fingerprint density at radius 2 is 1.60 bits per heavy atom. The molecule has 0 radical (unpaired) electrons. The van der Waals surface area contributed by atoms with E-state index in [4.69, 9.17) is 16.3 Å². The Morgan fingerprint density at radius 1 is 0.950 bits per heavy atom. The van der Waals surface area contributed by atoms with Gasteiger partial charge in [0.1, 0.15) is 5.75 Å². The summed E-state index contributed by atoms with van der Waals surface area (Å²) < 4.78 is 5.72. The first kappa shape index (κ1) is 16.9.